The molecule has 116 valence electrons. The van der Waals surface area contributed by atoms with Gasteiger partial charge in [0.05, 0.1) is 5.92 Å². The summed E-state index contributed by atoms with van der Waals surface area (Å²) in [5, 5.41) is 0. The number of ether oxygens (including phenoxy) is 2. The van der Waals surface area contributed by atoms with Gasteiger partial charge in [-0.1, -0.05) is 51.1 Å². The first-order valence-corrected chi connectivity index (χ1v) is 7.52. The van der Waals surface area contributed by atoms with E-state index in [4.69, 9.17) is 9.47 Å². The van der Waals surface area contributed by atoms with Crippen LogP contribution in [0.5, 0.6) is 0 Å². The number of carbonyl (C=O) groups excluding carboxylic acids is 2. The van der Waals surface area contributed by atoms with E-state index in [0.717, 1.165) is 5.56 Å². The van der Waals surface area contributed by atoms with Crippen LogP contribution < -0.4 is 0 Å². The minimum atomic E-state index is -0.870. The van der Waals surface area contributed by atoms with Crippen molar-refractivity contribution < 1.29 is 19.1 Å². The van der Waals surface area contributed by atoms with Crippen molar-refractivity contribution in [1.29, 1.82) is 0 Å². The maximum absolute atomic E-state index is 11.7. The molecule has 1 aromatic rings. The third kappa shape index (κ3) is 5.98. The minimum Gasteiger partial charge on any atom is -0.424 e. The van der Waals surface area contributed by atoms with E-state index in [0.29, 0.717) is 25.7 Å². The molecular formula is C17H24O4. The van der Waals surface area contributed by atoms with Crippen molar-refractivity contribution in [2.24, 2.45) is 0 Å². The van der Waals surface area contributed by atoms with Gasteiger partial charge in [-0.05, 0) is 18.4 Å². The van der Waals surface area contributed by atoms with Crippen LogP contribution in [0.4, 0.5) is 0 Å². The quantitative estimate of drug-likeness (QED) is 0.540. The fourth-order valence-corrected chi connectivity index (χ4v) is 1.93. The van der Waals surface area contributed by atoms with E-state index in [1.807, 2.05) is 51.1 Å². The molecule has 1 atom stereocenters. The van der Waals surface area contributed by atoms with Crippen LogP contribution >= 0.6 is 0 Å². The van der Waals surface area contributed by atoms with Gasteiger partial charge >= 0.3 is 11.9 Å². The molecule has 1 rings (SSSR count). The number of rotatable bonds is 8. The van der Waals surface area contributed by atoms with Gasteiger partial charge in [0.2, 0.25) is 0 Å². The molecule has 0 aromatic heterocycles. The average Bonchev–Trinajstić information content (AvgIpc) is 2.47. The van der Waals surface area contributed by atoms with Gasteiger partial charge in [-0.25, -0.2) is 0 Å². The Balaban J connectivity index is 2.79. The molecule has 0 aliphatic carbocycles. The lowest BCUT2D eigenvalue weighted by molar-refractivity contribution is -0.191. The second-order valence-electron chi connectivity index (χ2n) is 5.05. The summed E-state index contributed by atoms with van der Waals surface area (Å²) in [6.45, 7) is 5.69. The Labute approximate surface area is 126 Å². The molecule has 21 heavy (non-hydrogen) atoms. The van der Waals surface area contributed by atoms with Crippen molar-refractivity contribution in [3.63, 3.8) is 0 Å². The Morgan fingerprint density at radius 1 is 0.952 bits per heavy atom. The van der Waals surface area contributed by atoms with Crippen LogP contribution in [0.2, 0.25) is 0 Å². The molecule has 0 saturated heterocycles. The summed E-state index contributed by atoms with van der Waals surface area (Å²) < 4.78 is 10.7. The predicted octanol–water partition coefficient (Wildman–Crippen LogP) is 3.80. The highest BCUT2D eigenvalue weighted by molar-refractivity contribution is 5.71. The molecule has 4 heteroatoms. The van der Waals surface area contributed by atoms with Crippen LogP contribution in [0.1, 0.15) is 57.9 Å². The molecule has 0 N–H and O–H groups in total. The number of hydrogen-bond donors (Lipinski definition) is 0. The molecule has 0 amide bonds. The second kappa shape index (κ2) is 9.16. The number of esters is 2. The van der Waals surface area contributed by atoms with Crippen LogP contribution in [-0.2, 0) is 19.1 Å². The van der Waals surface area contributed by atoms with Crippen LogP contribution in [0.3, 0.4) is 0 Å². The van der Waals surface area contributed by atoms with Crippen molar-refractivity contribution in [2.45, 2.75) is 58.7 Å². The normalized spacial score (nSPS) is 12.0. The molecule has 0 fully saturated rings. The average molecular weight is 292 g/mol. The molecule has 0 radical (unpaired) electrons. The largest absolute Gasteiger partial charge is 0.424 e. The molecule has 0 saturated carbocycles. The summed E-state index contributed by atoms with van der Waals surface area (Å²) in [4.78, 5) is 23.4. The minimum absolute atomic E-state index is 0.201. The smallest absolute Gasteiger partial charge is 0.308 e. The Morgan fingerprint density at radius 3 is 1.86 bits per heavy atom. The summed E-state index contributed by atoms with van der Waals surface area (Å²) in [5.74, 6) is -0.878. The topological polar surface area (TPSA) is 52.6 Å². The Hall–Kier alpha value is -1.84. The van der Waals surface area contributed by atoms with Crippen LogP contribution in [0.25, 0.3) is 0 Å². The first kappa shape index (κ1) is 17.2. The summed E-state index contributed by atoms with van der Waals surface area (Å²) in [7, 11) is 0. The number of benzene rings is 1. The van der Waals surface area contributed by atoms with Gasteiger partial charge in [0, 0.05) is 12.8 Å². The van der Waals surface area contributed by atoms with Crippen molar-refractivity contribution in [1.82, 2.24) is 0 Å². The maximum atomic E-state index is 11.7. The molecule has 1 aromatic carbocycles. The van der Waals surface area contributed by atoms with Crippen LogP contribution in [0, 0.1) is 0 Å². The van der Waals surface area contributed by atoms with Gasteiger partial charge in [-0.15, -0.1) is 0 Å². The van der Waals surface area contributed by atoms with Crippen molar-refractivity contribution in [3.8, 4) is 0 Å². The van der Waals surface area contributed by atoms with E-state index >= 15 is 0 Å². The maximum Gasteiger partial charge on any atom is 0.308 e. The van der Waals surface area contributed by atoms with E-state index < -0.39 is 6.29 Å². The Bertz CT molecular complexity index is 421. The zero-order valence-corrected chi connectivity index (χ0v) is 13.0. The highest BCUT2D eigenvalue weighted by atomic mass is 16.7. The van der Waals surface area contributed by atoms with E-state index in [9.17, 15) is 9.59 Å². The number of carbonyl (C=O) groups is 2. The van der Waals surface area contributed by atoms with Gasteiger partial charge in [-0.2, -0.15) is 0 Å². The highest BCUT2D eigenvalue weighted by Gasteiger charge is 2.26. The first-order valence-electron chi connectivity index (χ1n) is 7.52. The van der Waals surface area contributed by atoms with E-state index in [2.05, 4.69) is 0 Å². The van der Waals surface area contributed by atoms with Crippen LogP contribution in [-0.4, -0.2) is 18.2 Å². The van der Waals surface area contributed by atoms with Crippen molar-refractivity contribution in [2.75, 3.05) is 0 Å². The van der Waals surface area contributed by atoms with Crippen molar-refractivity contribution >= 4 is 11.9 Å². The summed E-state index contributed by atoms with van der Waals surface area (Å²) in [5.41, 5.74) is 0.969. The zero-order chi connectivity index (χ0) is 15.7. The third-order valence-electron chi connectivity index (χ3n) is 3.14. The van der Waals surface area contributed by atoms with Gasteiger partial charge in [-0.3, -0.25) is 9.59 Å². The molecule has 0 unspecified atom stereocenters. The van der Waals surface area contributed by atoms with Gasteiger partial charge in [0.15, 0.2) is 0 Å². The molecule has 0 spiro atoms. The van der Waals surface area contributed by atoms with Gasteiger partial charge < -0.3 is 9.47 Å². The molecule has 0 heterocycles. The van der Waals surface area contributed by atoms with E-state index in [1.54, 1.807) is 0 Å². The van der Waals surface area contributed by atoms with Crippen LogP contribution in [0.15, 0.2) is 30.3 Å². The second-order valence-corrected chi connectivity index (χ2v) is 5.05. The highest BCUT2D eigenvalue weighted by Crippen LogP contribution is 2.23. The SMILES string of the molecule is CCCC(=O)OC(OC(=O)CCC)[C@H](C)c1ccccc1. The molecule has 0 aliphatic rings. The molecule has 0 bridgehead atoms. The Morgan fingerprint density at radius 2 is 1.43 bits per heavy atom. The lowest BCUT2D eigenvalue weighted by Crippen LogP contribution is -2.29. The standard InChI is InChI=1S/C17H24O4/c1-4-9-15(18)20-17(21-16(19)10-5-2)13(3)14-11-7-6-8-12-14/h6-8,11-13,17H,4-5,9-10H2,1-3H3/t13-/m1/s1. The molecule has 0 aliphatic heterocycles. The molecule has 4 nitrogen and oxygen atoms in total. The molecular weight excluding hydrogens is 268 g/mol. The lowest BCUT2D eigenvalue weighted by Gasteiger charge is -2.24. The summed E-state index contributed by atoms with van der Waals surface area (Å²) in [6.07, 6.45) is 1.18. The summed E-state index contributed by atoms with van der Waals surface area (Å²) >= 11 is 0. The fourth-order valence-electron chi connectivity index (χ4n) is 1.93. The van der Waals surface area contributed by atoms with E-state index in [1.165, 1.54) is 0 Å². The number of hydrogen-bond acceptors (Lipinski definition) is 4. The first-order chi connectivity index (χ1) is 10.1. The fraction of sp³-hybridized carbons (Fsp3) is 0.529. The lowest BCUT2D eigenvalue weighted by atomic mass is 10.0. The third-order valence-corrected chi connectivity index (χ3v) is 3.14. The predicted molar refractivity (Wildman–Crippen MR) is 80.6 cm³/mol. The van der Waals surface area contributed by atoms with Gasteiger partial charge in [0.1, 0.15) is 0 Å². The Kier molecular flexibility index (Phi) is 7.51. The van der Waals surface area contributed by atoms with E-state index in [-0.39, 0.29) is 17.9 Å². The van der Waals surface area contributed by atoms with Gasteiger partial charge in [0.25, 0.3) is 6.29 Å². The summed E-state index contributed by atoms with van der Waals surface area (Å²) in [6, 6.07) is 9.59. The monoisotopic (exact) mass is 292 g/mol. The van der Waals surface area contributed by atoms with Crippen molar-refractivity contribution in [3.05, 3.63) is 35.9 Å². The zero-order valence-electron chi connectivity index (χ0n) is 13.0.